The lowest BCUT2D eigenvalue weighted by molar-refractivity contribution is 0.110. The molecular weight excluding hydrogens is 192 g/mol. The molecule has 0 atom stereocenters. The summed E-state index contributed by atoms with van der Waals surface area (Å²) in [5.74, 6) is 0. The molecule has 1 aromatic rings. The molecule has 1 aromatic carbocycles. The third-order valence-electron chi connectivity index (χ3n) is 1.67. The van der Waals surface area contributed by atoms with Gasteiger partial charge >= 0.3 is 0 Å². The van der Waals surface area contributed by atoms with E-state index in [0.717, 1.165) is 6.42 Å². The average molecular weight is 206 g/mol. The summed E-state index contributed by atoms with van der Waals surface area (Å²) in [6, 6.07) is 10.1. The summed E-state index contributed by atoms with van der Waals surface area (Å²) in [4.78, 5) is 4.43. The SMILES string of the molecule is CCN=NON=NCCc1ccccc1. The highest BCUT2D eigenvalue weighted by atomic mass is 16.8. The van der Waals surface area contributed by atoms with E-state index in [0.29, 0.717) is 13.1 Å². The van der Waals surface area contributed by atoms with Crippen LogP contribution in [0.4, 0.5) is 0 Å². The molecule has 0 radical (unpaired) electrons. The number of benzene rings is 1. The van der Waals surface area contributed by atoms with Crippen molar-refractivity contribution >= 4 is 0 Å². The van der Waals surface area contributed by atoms with Gasteiger partial charge in [0.25, 0.3) is 0 Å². The highest BCUT2D eigenvalue weighted by Crippen LogP contribution is 1.99. The van der Waals surface area contributed by atoms with E-state index in [1.165, 1.54) is 5.56 Å². The third-order valence-corrected chi connectivity index (χ3v) is 1.67. The molecule has 0 aromatic heterocycles. The van der Waals surface area contributed by atoms with Crippen LogP contribution in [0, 0.1) is 0 Å². The first-order valence-electron chi connectivity index (χ1n) is 4.87. The maximum atomic E-state index is 4.43. The summed E-state index contributed by atoms with van der Waals surface area (Å²) in [5, 5.41) is 14.1. The molecule has 5 heteroatoms. The first kappa shape index (κ1) is 11.3. The molecule has 0 spiro atoms. The Hall–Kier alpha value is -1.78. The number of nitrogens with zero attached hydrogens (tertiary/aromatic N) is 4. The molecule has 80 valence electrons. The van der Waals surface area contributed by atoms with Gasteiger partial charge in [-0.1, -0.05) is 30.3 Å². The van der Waals surface area contributed by atoms with E-state index in [9.17, 15) is 0 Å². The normalized spacial score (nSPS) is 11.3. The van der Waals surface area contributed by atoms with E-state index < -0.39 is 0 Å². The first-order valence-corrected chi connectivity index (χ1v) is 4.87. The largest absolute Gasteiger partial charge is 0.204 e. The fourth-order valence-corrected chi connectivity index (χ4v) is 0.990. The maximum absolute atomic E-state index is 4.43. The molecule has 5 nitrogen and oxygen atoms in total. The maximum Gasteiger partial charge on any atom is 0.0676 e. The second-order valence-electron chi connectivity index (χ2n) is 2.80. The molecule has 0 aliphatic carbocycles. The third kappa shape index (κ3) is 5.51. The van der Waals surface area contributed by atoms with Crippen molar-refractivity contribution in [1.29, 1.82) is 0 Å². The van der Waals surface area contributed by atoms with Crippen LogP contribution in [0.15, 0.2) is 51.1 Å². The monoisotopic (exact) mass is 206 g/mol. The van der Waals surface area contributed by atoms with Crippen molar-refractivity contribution in [3.05, 3.63) is 35.9 Å². The van der Waals surface area contributed by atoms with Gasteiger partial charge in [0.1, 0.15) is 0 Å². The van der Waals surface area contributed by atoms with Gasteiger partial charge in [0, 0.05) is 0 Å². The summed E-state index contributed by atoms with van der Waals surface area (Å²) in [6.07, 6.45) is 0.846. The van der Waals surface area contributed by atoms with Crippen molar-refractivity contribution < 1.29 is 4.94 Å². The van der Waals surface area contributed by atoms with Crippen LogP contribution in [0.25, 0.3) is 0 Å². The summed E-state index contributed by atoms with van der Waals surface area (Å²) >= 11 is 0. The van der Waals surface area contributed by atoms with Gasteiger partial charge in [-0.2, -0.15) is 10.2 Å². The first-order chi connectivity index (χ1) is 7.43. The molecule has 0 fully saturated rings. The fraction of sp³-hybridized carbons (Fsp3) is 0.400. The number of hydrogen-bond acceptors (Lipinski definition) is 5. The van der Waals surface area contributed by atoms with Crippen molar-refractivity contribution in [3.63, 3.8) is 0 Å². The minimum absolute atomic E-state index is 0.583. The van der Waals surface area contributed by atoms with Crippen LogP contribution < -0.4 is 0 Å². The van der Waals surface area contributed by atoms with E-state index in [1.54, 1.807) is 0 Å². The topological polar surface area (TPSA) is 58.7 Å². The number of rotatable bonds is 6. The highest BCUT2D eigenvalue weighted by Gasteiger charge is 1.88. The van der Waals surface area contributed by atoms with Crippen molar-refractivity contribution in [1.82, 2.24) is 0 Å². The lowest BCUT2D eigenvalue weighted by atomic mass is 10.2. The highest BCUT2D eigenvalue weighted by molar-refractivity contribution is 5.14. The van der Waals surface area contributed by atoms with Gasteiger partial charge in [-0.15, -0.1) is 0 Å². The molecule has 0 unspecified atom stereocenters. The van der Waals surface area contributed by atoms with Gasteiger partial charge in [-0.05, 0) is 18.9 Å². The van der Waals surface area contributed by atoms with Crippen LogP contribution in [-0.2, 0) is 11.4 Å². The zero-order valence-electron chi connectivity index (χ0n) is 8.71. The van der Waals surface area contributed by atoms with Crippen LogP contribution in [-0.4, -0.2) is 13.1 Å². The minimum Gasteiger partial charge on any atom is -0.204 e. The second-order valence-corrected chi connectivity index (χ2v) is 2.80. The Morgan fingerprint density at radius 3 is 2.53 bits per heavy atom. The van der Waals surface area contributed by atoms with Crippen LogP contribution in [0.2, 0.25) is 0 Å². The van der Waals surface area contributed by atoms with Crippen molar-refractivity contribution in [2.75, 3.05) is 13.1 Å². The van der Waals surface area contributed by atoms with Crippen molar-refractivity contribution in [3.8, 4) is 0 Å². The molecule has 0 aliphatic rings. The van der Waals surface area contributed by atoms with E-state index in [-0.39, 0.29) is 0 Å². The molecule has 0 aliphatic heterocycles. The van der Waals surface area contributed by atoms with Crippen molar-refractivity contribution in [2.45, 2.75) is 13.3 Å². The Bertz CT molecular complexity index is 310. The molecule has 1 rings (SSSR count). The molecule has 0 saturated carbocycles. The molecular formula is C10H14N4O. The predicted octanol–water partition coefficient (Wildman–Crippen LogP) is 3.00. The van der Waals surface area contributed by atoms with Crippen LogP contribution in [0.1, 0.15) is 12.5 Å². The molecule has 0 bridgehead atoms. The number of hydrogen-bond donors (Lipinski definition) is 0. The molecule has 0 saturated heterocycles. The summed E-state index contributed by atoms with van der Waals surface area (Å²) in [7, 11) is 0. The smallest absolute Gasteiger partial charge is 0.0676 e. The van der Waals surface area contributed by atoms with Crippen molar-refractivity contribution in [2.24, 2.45) is 20.8 Å². The molecule has 0 heterocycles. The van der Waals surface area contributed by atoms with E-state index in [4.69, 9.17) is 0 Å². The Morgan fingerprint density at radius 1 is 1.07 bits per heavy atom. The lowest BCUT2D eigenvalue weighted by Gasteiger charge is -1.94. The molecule has 15 heavy (non-hydrogen) atoms. The van der Waals surface area contributed by atoms with Crippen LogP contribution >= 0.6 is 0 Å². The second kappa shape index (κ2) is 7.61. The average Bonchev–Trinajstić information content (AvgIpc) is 2.29. The van der Waals surface area contributed by atoms with Gasteiger partial charge in [0.05, 0.1) is 23.6 Å². The summed E-state index contributed by atoms with van der Waals surface area (Å²) < 4.78 is 0. The van der Waals surface area contributed by atoms with E-state index >= 15 is 0 Å². The van der Waals surface area contributed by atoms with Gasteiger partial charge in [-0.25, -0.2) is 4.94 Å². The van der Waals surface area contributed by atoms with E-state index in [1.807, 2.05) is 37.3 Å². The van der Waals surface area contributed by atoms with Gasteiger partial charge < -0.3 is 0 Å². The Morgan fingerprint density at radius 2 is 1.80 bits per heavy atom. The standard InChI is InChI=1S/C10H14N4O/c1-2-11-13-15-14-12-9-8-10-6-4-3-5-7-10/h3-7H,2,8-9H2,1H3. The molecule has 0 amide bonds. The minimum atomic E-state index is 0.583. The van der Waals surface area contributed by atoms with Crippen LogP contribution in [0.5, 0.6) is 0 Å². The zero-order chi connectivity index (χ0) is 10.8. The summed E-state index contributed by atoms with van der Waals surface area (Å²) in [6.45, 7) is 3.03. The van der Waals surface area contributed by atoms with E-state index in [2.05, 4.69) is 25.7 Å². The Kier molecular flexibility index (Phi) is 5.73. The summed E-state index contributed by atoms with van der Waals surface area (Å²) in [5.41, 5.74) is 1.23. The quantitative estimate of drug-likeness (QED) is 0.521. The Labute approximate surface area is 88.8 Å². The van der Waals surface area contributed by atoms with Crippen LogP contribution in [0.3, 0.4) is 0 Å². The van der Waals surface area contributed by atoms with Gasteiger partial charge in [0.2, 0.25) is 0 Å². The predicted molar refractivity (Wildman–Crippen MR) is 56.4 cm³/mol. The fourth-order valence-electron chi connectivity index (χ4n) is 0.990. The Balaban J connectivity index is 2.14. The van der Waals surface area contributed by atoms with Gasteiger partial charge in [-0.3, -0.25) is 0 Å². The lowest BCUT2D eigenvalue weighted by Crippen LogP contribution is -1.87. The van der Waals surface area contributed by atoms with Gasteiger partial charge in [0.15, 0.2) is 0 Å². The zero-order valence-corrected chi connectivity index (χ0v) is 8.71. The molecule has 0 N–H and O–H groups in total.